The number of carbonyl (C=O) groups excluding carboxylic acids is 1. The number of hydrogen-bond acceptors (Lipinski definition) is 5. The highest BCUT2D eigenvalue weighted by Gasteiger charge is 2.18. The third-order valence-corrected chi connectivity index (χ3v) is 5.23. The van der Waals surface area contributed by atoms with Gasteiger partial charge in [-0.2, -0.15) is 5.26 Å². The van der Waals surface area contributed by atoms with Gasteiger partial charge in [-0.1, -0.05) is 30.3 Å². The molecule has 1 fully saturated rings. The summed E-state index contributed by atoms with van der Waals surface area (Å²) in [4.78, 5) is 21.5. The van der Waals surface area contributed by atoms with E-state index in [0.29, 0.717) is 16.8 Å². The van der Waals surface area contributed by atoms with Crippen LogP contribution in [-0.2, 0) is 6.54 Å². The van der Waals surface area contributed by atoms with E-state index in [2.05, 4.69) is 26.2 Å². The van der Waals surface area contributed by atoms with Crippen LogP contribution in [0, 0.1) is 11.3 Å². The molecule has 2 aromatic carbocycles. The molecular formula is C24H23N5O. The maximum atomic E-state index is 12.3. The molecule has 1 aliphatic rings. The lowest BCUT2D eigenvalue weighted by Crippen LogP contribution is -2.46. The van der Waals surface area contributed by atoms with Crippen molar-refractivity contribution in [3.63, 3.8) is 0 Å². The molecular weight excluding hydrogens is 374 g/mol. The van der Waals surface area contributed by atoms with E-state index in [1.807, 2.05) is 54.6 Å². The molecule has 1 aromatic heterocycles. The molecule has 0 bridgehead atoms. The van der Waals surface area contributed by atoms with E-state index in [9.17, 15) is 4.79 Å². The summed E-state index contributed by atoms with van der Waals surface area (Å²) in [5, 5.41) is 11.8. The number of amides is 1. The Morgan fingerprint density at radius 3 is 2.33 bits per heavy atom. The predicted molar refractivity (Wildman–Crippen MR) is 117 cm³/mol. The monoisotopic (exact) mass is 397 g/mol. The third kappa shape index (κ3) is 4.83. The first kappa shape index (κ1) is 19.6. The first-order chi connectivity index (χ1) is 14.7. The van der Waals surface area contributed by atoms with Gasteiger partial charge in [0.2, 0.25) is 0 Å². The highest BCUT2D eigenvalue weighted by Crippen LogP contribution is 2.18. The number of nitrogens with one attached hydrogen (secondary N) is 1. The minimum Gasteiger partial charge on any atom is -0.354 e. The Labute approximate surface area is 176 Å². The number of rotatable bonds is 5. The number of benzene rings is 2. The van der Waals surface area contributed by atoms with Crippen LogP contribution in [0.3, 0.4) is 0 Å². The molecule has 0 aliphatic carbocycles. The quantitative estimate of drug-likeness (QED) is 0.713. The Kier molecular flexibility index (Phi) is 6.02. The van der Waals surface area contributed by atoms with Crippen LogP contribution >= 0.6 is 0 Å². The summed E-state index contributed by atoms with van der Waals surface area (Å²) >= 11 is 0. The van der Waals surface area contributed by atoms with Crippen LogP contribution in [0.1, 0.15) is 21.5 Å². The molecule has 1 N–H and O–H groups in total. The molecule has 150 valence electrons. The van der Waals surface area contributed by atoms with E-state index in [-0.39, 0.29) is 5.91 Å². The van der Waals surface area contributed by atoms with Crippen LogP contribution in [0.15, 0.2) is 72.9 Å². The van der Waals surface area contributed by atoms with Gasteiger partial charge < -0.3 is 10.2 Å². The van der Waals surface area contributed by atoms with Gasteiger partial charge in [0.15, 0.2) is 0 Å². The van der Waals surface area contributed by atoms with Crippen LogP contribution < -0.4 is 10.2 Å². The minimum absolute atomic E-state index is 0.137. The zero-order valence-electron chi connectivity index (χ0n) is 16.7. The van der Waals surface area contributed by atoms with Crippen molar-refractivity contribution in [2.75, 3.05) is 36.4 Å². The average molecular weight is 397 g/mol. The molecule has 3 aromatic rings. The van der Waals surface area contributed by atoms with Gasteiger partial charge in [0, 0.05) is 38.3 Å². The summed E-state index contributed by atoms with van der Waals surface area (Å²) in [5.41, 5.74) is 3.23. The number of nitriles is 1. The first-order valence-electron chi connectivity index (χ1n) is 10.00. The van der Waals surface area contributed by atoms with Crippen molar-refractivity contribution in [2.45, 2.75) is 6.54 Å². The summed E-state index contributed by atoms with van der Waals surface area (Å²) in [6.45, 7) is 4.60. The molecule has 2 heterocycles. The average Bonchev–Trinajstić information content (AvgIpc) is 2.81. The van der Waals surface area contributed by atoms with Gasteiger partial charge in [-0.25, -0.2) is 4.98 Å². The van der Waals surface area contributed by atoms with E-state index < -0.39 is 0 Å². The highest BCUT2D eigenvalue weighted by atomic mass is 16.1. The zero-order valence-corrected chi connectivity index (χ0v) is 16.7. The zero-order chi connectivity index (χ0) is 20.8. The second kappa shape index (κ2) is 9.21. The van der Waals surface area contributed by atoms with Crippen LogP contribution in [0.25, 0.3) is 0 Å². The largest absolute Gasteiger partial charge is 0.354 e. The second-order valence-corrected chi connectivity index (χ2v) is 7.30. The molecule has 1 saturated heterocycles. The lowest BCUT2D eigenvalue weighted by atomic mass is 10.1. The number of carbonyl (C=O) groups is 1. The van der Waals surface area contributed by atoms with Crippen molar-refractivity contribution in [1.29, 1.82) is 5.26 Å². The van der Waals surface area contributed by atoms with E-state index in [4.69, 9.17) is 5.26 Å². The lowest BCUT2D eigenvalue weighted by molar-refractivity contribution is 0.102. The van der Waals surface area contributed by atoms with Crippen LogP contribution in [0.4, 0.5) is 11.5 Å². The van der Waals surface area contributed by atoms with Crippen LogP contribution in [-0.4, -0.2) is 42.0 Å². The third-order valence-electron chi connectivity index (χ3n) is 5.23. The molecule has 0 radical (unpaired) electrons. The molecule has 0 saturated carbocycles. The van der Waals surface area contributed by atoms with Crippen molar-refractivity contribution >= 4 is 17.4 Å². The summed E-state index contributed by atoms with van der Waals surface area (Å²) in [7, 11) is 0. The molecule has 4 rings (SSSR count). The Bertz CT molecular complexity index is 1020. The SMILES string of the molecule is N#Cc1ccc(CN2CCN(c3ccc(NC(=O)c4ccccc4)cn3)CC2)cc1. The predicted octanol–water partition coefficient (Wildman–Crippen LogP) is 3.53. The van der Waals surface area contributed by atoms with Crippen molar-refractivity contribution in [1.82, 2.24) is 9.88 Å². The Balaban J connectivity index is 1.29. The van der Waals surface area contributed by atoms with E-state index in [0.717, 1.165) is 38.5 Å². The Morgan fingerprint density at radius 1 is 0.967 bits per heavy atom. The van der Waals surface area contributed by atoms with Crippen molar-refractivity contribution in [3.05, 3.63) is 89.6 Å². The maximum absolute atomic E-state index is 12.3. The molecule has 0 atom stereocenters. The maximum Gasteiger partial charge on any atom is 0.255 e. The summed E-state index contributed by atoms with van der Waals surface area (Å²) in [6, 6.07) is 22.9. The smallest absolute Gasteiger partial charge is 0.255 e. The normalized spacial score (nSPS) is 14.2. The standard InChI is InChI=1S/C24H23N5O/c25-16-19-6-8-20(9-7-19)18-28-12-14-29(15-13-28)23-11-10-22(17-26-23)27-24(30)21-4-2-1-3-5-21/h1-11,17H,12-15,18H2,(H,27,30). The fraction of sp³-hybridized carbons (Fsp3) is 0.208. The molecule has 30 heavy (non-hydrogen) atoms. The fourth-order valence-electron chi connectivity index (χ4n) is 3.52. The molecule has 6 nitrogen and oxygen atoms in total. The van der Waals surface area contributed by atoms with Gasteiger partial charge in [-0.15, -0.1) is 0 Å². The van der Waals surface area contributed by atoms with Gasteiger partial charge in [0.1, 0.15) is 5.82 Å². The topological polar surface area (TPSA) is 72.3 Å². The van der Waals surface area contributed by atoms with Gasteiger partial charge in [0.25, 0.3) is 5.91 Å². The first-order valence-corrected chi connectivity index (χ1v) is 10.00. The number of hydrogen-bond donors (Lipinski definition) is 1. The highest BCUT2D eigenvalue weighted by molar-refractivity contribution is 6.04. The van der Waals surface area contributed by atoms with E-state index >= 15 is 0 Å². The van der Waals surface area contributed by atoms with E-state index in [1.54, 1.807) is 18.3 Å². The molecule has 0 spiro atoms. The number of piperazine rings is 1. The van der Waals surface area contributed by atoms with Crippen molar-refractivity contribution < 1.29 is 4.79 Å². The van der Waals surface area contributed by atoms with Crippen molar-refractivity contribution in [3.8, 4) is 6.07 Å². The Hall–Kier alpha value is -3.69. The van der Waals surface area contributed by atoms with Crippen LogP contribution in [0.5, 0.6) is 0 Å². The second-order valence-electron chi connectivity index (χ2n) is 7.30. The lowest BCUT2D eigenvalue weighted by Gasteiger charge is -2.35. The van der Waals surface area contributed by atoms with Crippen molar-refractivity contribution in [2.24, 2.45) is 0 Å². The van der Waals surface area contributed by atoms with E-state index in [1.165, 1.54) is 5.56 Å². The van der Waals surface area contributed by atoms with Gasteiger partial charge >= 0.3 is 0 Å². The number of anilines is 2. The van der Waals surface area contributed by atoms with Gasteiger partial charge in [-0.05, 0) is 42.0 Å². The summed E-state index contributed by atoms with van der Waals surface area (Å²) in [6.07, 6.45) is 1.71. The number of nitrogens with zero attached hydrogens (tertiary/aromatic N) is 4. The Morgan fingerprint density at radius 2 is 1.70 bits per heavy atom. The minimum atomic E-state index is -0.137. The molecule has 6 heteroatoms. The molecule has 1 aliphatic heterocycles. The number of pyridine rings is 1. The molecule has 1 amide bonds. The van der Waals surface area contributed by atoms with Gasteiger partial charge in [0.05, 0.1) is 23.5 Å². The fourth-order valence-corrected chi connectivity index (χ4v) is 3.52. The van der Waals surface area contributed by atoms with Crippen LogP contribution in [0.2, 0.25) is 0 Å². The summed E-state index contributed by atoms with van der Waals surface area (Å²) < 4.78 is 0. The number of aromatic nitrogens is 1. The molecule has 0 unspecified atom stereocenters. The van der Waals surface area contributed by atoms with Gasteiger partial charge in [-0.3, -0.25) is 9.69 Å². The summed E-state index contributed by atoms with van der Waals surface area (Å²) in [5.74, 6) is 0.785.